The van der Waals surface area contributed by atoms with Gasteiger partial charge in [-0.25, -0.2) is 0 Å². The maximum absolute atomic E-state index is 6.01. The number of halogens is 1. The molecule has 1 saturated carbocycles. The molecule has 0 spiro atoms. The third-order valence-electron chi connectivity index (χ3n) is 3.61. The molecule has 2 N–H and O–H groups in total. The lowest BCUT2D eigenvalue weighted by Gasteiger charge is -2.11. The summed E-state index contributed by atoms with van der Waals surface area (Å²) in [6, 6.07) is 11.8. The first-order valence-electron chi connectivity index (χ1n) is 6.92. The second kappa shape index (κ2) is 5.37. The first kappa shape index (κ1) is 13.3. The van der Waals surface area contributed by atoms with Crippen molar-refractivity contribution >= 4 is 17.3 Å². The van der Waals surface area contributed by atoms with Crippen molar-refractivity contribution in [2.75, 3.05) is 12.3 Å². The maximum atomic E-state index is 6.01. The van der Waals surface area contributed by atoms with Crippen molar-refractivity contribution in [3.63, 3.8) is 0 Å². The van der Waals surface area contributed by atoms with Crippen LogP contribution in [0.4, 0.5) is 5.69 Å². The molecule has 0 bridgehead atoms. The summed E-state index contributed by atoms with van der Waals surface area (Å²) in [6.07, 6.45) is 2.57. The molecule has 1 aliphatic rings. The lowest BCUT2D eigenvalue weighted by molar-refractivity contribution is 0.300. The third kappa shape index (κ3) is 3.07. The molecule has 2 aromatic carbocycles. The van der Waals surface area contributed by atoms with Crippen molar-refractivity contribution in [2.45, 2.75) is 19.8 Å². The average molecular weight is 288 g/mol. The highest BCUT2D eigenvalue weighted by Crippen LogP contribution is 2.33. The van der Waals surface area contributed by atoms with Gasteiger partial charge >= 0.3 is 0 Å². The van der Waals surface area contributed by atoms with Gasteiger partial charge in [0.25, 0.3) is 0 Å². The van der Waals surface area contributed by atoms with E-state index < -0.39 is 0 Å². The van der Waals surface area contributed by atoms with Crippen LogP contribution < -0.4 is 10.5 Å². The molecule has 3 heteroatoms. The van der Waals surface area contributed by atoms with Gasteiger partial charge in [-0.05, 0) is 66.6 Å². The molecule has 0 unspecified atom stereocenters. The minimum absolute atomic E-state index is 0.725. The van der Waals surface area contributed by atoms with E-state index in [-0.39, 0.29) is 0 Å². The number of benzene rings is 2. The Labute approximate surface area is 124 Å². The Hall–Kier alpha value is -1.67. The zero-order chi connectivity index (χ0) is 14.1. The fourth-order valence-electron chi connectivity index (χ4n) is 2.31. The molecule has 0 saturated heterocycles. The molecule has 104 valence electrons. The predicted octanol–water partition coefficient (Wildman–Crippen LogP) is 4.69. The van der Waals surface area contributed by atoms with Gasteiger partial charge in [0, 0.05) is 16.8 Å². The molecule has 20 heavy (non-hydrogen) atoms. The van der Waals surface area contributed by atoms with Crippen LogP contribution in [-0.2, 0) is 0 Å². The van der Waals surface area contributed by atoms with Crippen LogP contribution in [0.15, 0.2) is 36.4 Å². The van der Waals surface area contributed by atoms with Crippen LogP contribution in [0.1, 0.15) is 18.4 Å². The van der Waals surface area contributed by atoms with Crippen LogP contribution in [0.2, 0.25) is 5.02 Å². The molecule has 0 amide bonds. The molecule has 2 nitrogen and oxygen atoms in total. The zero-order valence-corrected chi connectivity index (χ0v) is 12.3. The van der Waals surface area contributed by atoms with Crippen LogP contribution in [-0.4, -0.2) is 6.61 Å². The van der Waals surface area contributed by atoms with E-state index in [1.165, 1.54) is 12.8 Å². The Bertz CT molecular complexity index is 635. The van der Waals surface area contributed by atoms with Gasteiger partial charge in [0.2, 0.25) is 0 Å². The van der Waals surface area contributed by atoms with E-state index in [1.54, 1.807) is 0 Å². The molecule has 3 rings (SSSR count). The van der Waals surface area contributed by atoms with Crippen LogP contribution in [0, 0.1) is 12.8 Å². The Morgan fingerprint density at radius 3 is 2.70 bits per heavy atom. The van der Waals surface area contributed by atoms with Crippen LogP contribution >= 0.6 is 11.6 Å². The lowest BCUT2D eigenvalue weighted by Crippen LogP contribution is -2.00. The van der Waals surface area contributed by atoms with Crippen LogP contribution in [0.5, 0.6) is 5.75 Å². The number of nitrogen functional groups attached to an aromatic ring is 1. The fraction of sp³-hybridized carbons (Fsp3) is 0.294. The lowest BCUT2D eigenvalue weighted by atomic mass is 10.00. The van der Waals surface area contributed by atoms with Gasteiger partial charge in [-0.1, -0.05) is 17.7 Å². The maximum Gasteiger partial charge on any atom is 0.121 e. The molecule has 0 aromatic heterocycles. The molecule has 1 fully saturated rings. The van der Waals surface area contributed by atoms with E-state index in [0.717, 1.165) is 45.7 Å². The van der Waals surface area contributed by atoms with E-state index in [1.807, 2.05) is 30.3 Å². The zero-order valence-electron chi connectivity index (χ0n) is 11.5. The number of hydrogen-bond acceptors (Lipinski definition) is 2. The highest BCUT2D eigenvalue weighted by Gasteiger charge is 2.22. The molecule has 0 radical (unpaired) electrons. The van der Waals surface area contributed by atoms with E-state index in [0.29, 0.717) is 0 Å². The van der Waals surface area contributed by atoms with E-state index in [2.05, 4.69) is 13.0 Å². The topological polar surface area (TPSA) is 35.2 Å². The number of aryl methyl sites for hydroxylation is 1. The van der Waals surface area contributed by atoms with E-state index >= 15 is 0 Å². The van der Waals surface area contributed by atoms with Crippen molar-refractivity contribution in [3.8, 4) is 16.9 Å². The van der Waals surface area contributed by atoms with E-state index in [9.17, 15) is 0 Å². The van der Waals surface area contributed by atoms with Crippen LogP contribution in [0.3, 0.4) is 0 Å². The number of rotatable bonds is 4. The summed E-state index contributed by atoms with van der Waals surface area (Å²) < 4.78 is 5.83. The monoisotopic (exact) mass is 287 g/mol. The largest absolute Gasteiger partial charge is 0.493 e. The summed E-state index contributed by atoms with van der Waals surface area (Å²) >= 11 is 6.01. The van der Waals surface area contributed by atoms with Crippen molar-refractivity contribution < 1.29 is 4.74 Å². The minimum Gasteiger partial charge on any atom is -0.493 e. The summed E-state index contributed by atoms with van der Waals surface area (Å²) in [5.41, 5.74) is 10.1. The summed E-state index contributed by atoms with van der Waals surface area (Å²) in [6.45, 7) is 2.84. The average Bonchev–Trinajstić information content (AvgIpc) is 3.19. The number of nitrogens with two attached hydrogens (primary N) is 1. The SMILES string of the molecule is Cc1cc(Cl)ccc1-c1cc(N)cc(OCC2CC2)c1. The van der Waals surface area contributed by atoms with Gasteiger partial charge in [-0.3, -0.25) is 0 Å². The fourth-order valence-corrected chi connectivity index (χ4v) is 2.54. The second-order valence-corrected chi connectivity index (χ2v) is 5.94. The highest BCUT2D eigenvalue weighted by molar-refractivity contribution is 6.30. The van der Waals surface area contributed by atoms with Gasteiger partial charge < -0.3 is 10.5 Å². The molecule has 2 aromatic rings. The third-order valence-corrected chi connectivity index (χ3v) is 3.85. The Morgan fingerprint density at radius 1 is 1.20 bits per heavy atom. The summed E-state index contributed by atoms with van der Waals surface area (Å²) in [5.74, 6) is 1.58. The van der Waals surface area contributed by atoms with Crippen molar-refractivity contribution in [2.24, 2.45) is 5.92 Å². The Morgan fingerprint density at radius 2 is 2.00 bits per heavy atom. The van der Waals surface area contributed by atoms with Crippen LogP contribution in [0.25, 0.3) is 11.1 Å². The number of anilines is 1. The van der Waals surface area contributed by atoms with Gasteiger partial charge in [0.1, 0.15) is 5.75 Å². The summed E-state index contributed by atoms with van der Waals surface area (Å²) in [5, 5.41) is 0.750. The molecule has 1 aliphatic carbocycles. The highest BCUT2D eigenvalue weighted by atomic mass is 35.5. The normalized spacial score (nSPS) is 14.3. The second-order valence-electron chi connectivity index (χ2n) is 5.50. The molecule has 0 heterocycles. The molecular formula is C17H18ClNO. The first-order chi connectivity index (χ1) is 9.61. The molecule has 0 atom stereocenters. The summed E-state index contributed by atoms with van der Waals surface area (Å²) in [7, 11) is 0. The minimum atomic E-state index is 0.725. The first-order valence-corrected chi connectivity index (χ1v) is 7.29. The standard InChI is InChI=1S/C17H18ClNO/c1-11-6-14(18)4-5-17(11)13-7-15(19)9-16(8-13)20-10-12-2-3-12/h4-9,12H,2-3,10,19H2,1H3. The van der Waals surface area contributed by atoms with Crippen molar-refractivity contribution in [3.05, 3.63) is 47.0 Å². The molecular weight excluding hydrogens is 270 g/mol. The number of hydrogen-bond donors (Lipinski definition) is 1. The smallest absolute Gasteiger partial charge is 0.121 e. The van der Waals surface area contributed by atoms with Gasteiger partial charge in [0.05, 0.1) is 6.61 Å². The van der Waals surface area contributed by atoms with Gasteiger partial charge in [-0.15, -0.1) is 0 Å². The molecule has 0 aliphatic heterocycles. The van der Waals surface area contributed by atoms with E-state index in [4.69, 9.17) is 22.1 Å². The van der Waals surface area contributed by atoms with Crippen molar-refractivity contribution in [1.29, 1.82) is 0 Å². The van der Waals surface area contributed by atoms with Crippen molar-refractivity contribution in [1.82, 2.24) is 0 Å². The number of ether oxygens (including phenoxy) is 1. The quantitative estimate of drug-likeness (QED) is 0.828. The Balaban J connectivity index is 1.91. The predicted molar refractivity (Wildman–Crippen MR) is 84.3 cm³/mol. The summed E-state index contributed by atoms with van der Waals surface area (Å²) in [4.78, 5) is 0. The van der Waals surface area contributed by atoms with Gasteiger partial charge in [0.15, 0.2) is 0 Å². The Kier molecular flexibility index (Phi) is 3.58. The van der Waals surface area contributed by atoms with Gasteiger partial charge in [-0.2, -0.15) is 0 Å².